The van der Waals surface area contributed by atoms with Crippen LogP contribution in [0, 0.1) is 10.8 Å². The van der Waals surface area contributed by atoms with Gasteiger partial charge in [-0.2, -0.15) is 4.98 Å². The third-order valence-electron chi connectivity index (χ3n) is 3.02. The summed E-state index contributed by atoms with van der Waals surface area (Å²) in [6.07, 6.45) is -2.28. The number of hydrogen-bond acceptors (Lipinski definition) is 6. The molecule has 1 aliphatic heterocycles. The van der Waals surface area contributed by atoms with E-state index in [1.807, 2.05) is 0 Å². The first-order valence-electron chi connectivity index (χ1n) is 5.78. The van der Waals surface area contributed by atoms with Crippen molar-refractivity contribution in [3.05, 3.63) is 34.1 Å². The average Bonchev–Trinajstić information content (AvgIpc) is 2.78. The Balaban J connectivity index is 2.49. The van der Waals surface area contributed by atoms with Gasteiger partial charge < -0.3 is 20.7 Å². The van der Waals surface area contributed by atoms with Crippen LogP contribution in [0.5, 0.6) is 0 Å². The van der Waals surface area contributed by atoms with Crippen LogP contribution in [0.25, 0.3) is 0 Å². The highest BCUT2D eigenvalue weighted by Gasteiger charge is 2.40. The van der Waals surface area contributed by atoms with E-state index < -0.39 is 30.7 Å². The number of nitrogen functional groups attached to an aromatic ring is 1. The van der Waals surface area contributed by atoms with E-state index in [-0.39, 0.29) is 23.3 Å². The molecule has 2 rings (SSSR count). The van der Waals surface area contributed by atoms with E-state index in [4.69, 9.17) is 15.6 Å². The molecule has 0 saturated carbocycles. The Hall–Kier alpha value is -1.73. The summed E-state index contributed by atoms with van der Waals surface area (Å²) >= 11 is 2.90. The lowest BCUT2D eigenvalue weighted by Gasteiger charge is -2.17. The van der Waals surface area contributed by atoms with Gasteiger partial charge in [0, 0.05) is 27.7 Å². The number of halogens is 2. The molecule has 0 bridgehead atoms. The molecule has 2 heterocycles. The van der Waals surface area contributed by atoms with E-state index >= 15 is 0 Å². The maximum absolute atomic E-state index is 12.8. The SMILES string of the molecule is Nc1nc(=O)n(C2OC(CO)/C(=C/F)C2O)cc1C#CBr. The van der Waals surface area contributed by atoms with Gasteiger partial charge in [0.1, 0.15) is 18.0 Å². The number of aromatic nitrogens is 2. The number of aliphatic hydroxyl groups is 2. The third-order valence-corrected chi connectivity index (χ3v) is 3.21. The van der Waals surface area contributed by atoms with Crippen molar-refractivity contribution < 1.29 is 19.3 Å². The van der Waals surface area contributed by atoms with E-state index in [1.54, 1.807) is 0 Å². The van der Waals surface area contributed by atoms with Crippen LogP contribution in [0.1, 0.15) is 11.8 Å². The molecule has 1 aliphatic rings. The molecule has 1 fully saturated rings. The molecule has 7 nitrogen and oxygen atoms in total. The Morgan fingerprint density at radius 2 is 2.38 bits per heavy atom. The summed E-state index contributed by atoms with van der Waals surface area (Å²) in [5, 5.41) is 19.1. The molecule has 0 amide bonds. The van der Waals surface area contributed by atoms with Crippen molar-refractivity contribution in [1.82, 2.24) is 9.55 Å². The second-order valence-corrected chi connectivity index (χ2v) is 4.60. The van der Waals surface area contributed by atoms with Crippen LogP contribution in [0.3, 0.4) is 0 Å². The van der Waals surface area contributed by atoms with Gasteiger partial charge in [-0.25, -0.2) is 9.18 Å². The second-order valence-electron chi connectivity index (χ2n) is 4.20. The molecule has 21 heavy (non-hydrogen) atoms. The van der Waals surface area contributed by atoms with Crippen LogP contribution < -0.4 is 11.4 Å². The molecule has 1 saturated heterocycles. The summed E-state index contributed by atoms with van der Waals surface area (Å²) in [7, 11) is 0. The Bertz CT molecular complexity index is 694. The molecule has 4 N–H and O–H groups in total. The summed E-state index contributed by atoms with van der Waals surface area (Å²) in [5.41, 5.74) is 4.85. The van der Waals surface area contributed by atoms with Crippen molar-refractivity contribution in [2.24, 2.45) is 0 Å². The number of nitrogens with two attached hydrogens (primary N) is 1. The molecule has 0 radical (unpaired) electrons. The molecular weight excluding hydrogens is 349 g/mol. The number of ether oxygens (including phenoxy) is 1. The van der Waals surface area contributed by atoms with Crippen molar-refractivity contribution >= 4 is 21.7 Å². The topological polar surface area (TPSA) is 111 Å². The van der Waals surface area contributed by atoms with Crippen LogP contribution in [-0.4, -0.2) is 38.6 Å². The molecule has 1 aromatic heterocycles. The van der Waals surface area contributed by atoms with E-state index in [1.165, 1.54) is 6.20 Å². The first-order valence-corrected chi connectivity index (χ1v) is 6.57. The van der Waals surface area contributed by atoms with Gasteiger partial charge in [-0.05, 0) is 10.8 Å². The minimum Gasteiger partial charge on any atom is -0.393 e. The van der Waals surface area contributed by atoms with Crippen LogP contribution in [0.4, 0.5) is 10.2 Å². The van der Waals surface area contributed by atoms with Gasteiger partial charge in [0.25, 0.3) is 0 Å². The lowest BCUT2D eigenvalue weighted by atomic mass is 10.1. The molecule has 0 aliphatic carbocycles. The standard InChI is InChI=1S/C12H11BrFN3O4/c13-2-1-6-4-17(12(20)16-10(6)15)11-9(19)7(3-14)8(5-18)21-11/h3-4,8-9,11,18-19H,5H2,(H2,15,16,20)/b7-3-. The van der Waals surface area contributed by atoms with E-state index in [0.29, 0.717) is 0 Å². The lowest BCUT2D eigenvalue weighted by Crippen LogP contribution is -2.33. The zero-order valence-corrected chi connectivity index (χ0v) is 12.1. The van der Waals surface area contributed by atoms with E-state index in [2.05, 4.69) is 31.7 Å². The van der Waals surface area contributed by atoms with Gasteiger partial charge in [-0.3, -0.25) is 4.57 Å². The predicted octanol–water partition coefficient (Wildman–Crippen LogP) is -0.367. The highest BCUT2D eigenvalue weighted by molar-refractivity contribution is 9.12. The number of hydrogen-bond donors (Lipinski definition) is 3. The molecule has 9 heteroatoms. The Kier molecular flexibility index (Phi) is 4.74. The fraction of sp³-hybridized carbons (Fsp3) is 0.333. The maximum Gasteiger partial charge on any atom is 0.351 e. The van der Waals surface area contributed by atoms with Crippen LogP contribution in [0.2, 0.25) is 0 Å². The highest BCUT2D eigenvalue weighted by Crippen LogP contribution is 2.32. The highest BCUT2D eigenvalue weighted by atomic mass is 79.9. The largest absolute Gasteiger partial charge is 0.393 e. The lowest BCUT2D eigenvalue weighted by molar-refractivity contribution is -0.0527. The van der Waals surface area contributed by atoms with Gasteiger partial charge in [-0.1, -0.05) is 0 Å². The molecular formula is C12H11BrFN3O4. The number of nitrogens with zero attached hydrogens (tertiary/aromatic N) is 2. The minimum atomic E-state index is -1.43. The van der Waals surface area contributed by atoms with Gasteiger partial charge in [0.2, 0.25) is 0 Å². The average molecular weight is 360 g/mol. The maximum atomic E-state index is 12.8. The van der Waals surface area contributed by atoms with Crippen LogP contribution >= 0.6 is 15.9 Å². The molecule has 3 atom stereocenters. The monoisotopic (exact) mass is 359 g/mol. The summed E-state index contributed by atoms with van der Waals surface area (Å²) in [4.78, 5) is 17.9. The molecule has 3 unspecified atom stereocenters. The number of anilines is 1. The Labute approximate surface area is 127 Å². The van der Waals surface area contributed by atoms with Crippen molar-refractivity contribution in [3.63, 3.8) is 0 Å². The molecule has 1 aromatic rings. The zero-order valence-electron chi connectivity index (χ0n) is 10.5. The molecule has 0 aromatic carbocycles. The minimum absolute atomic E-state index is 0.0735. The zero-order chi connectivity index (χ0) is 15.6. The van der Waals surface area contributed by atoms with Gasteiger partial charge in [0.15, 0.2) is 6.23 Å². The number of aliphatic hydroxyl groups excluding tert-OH is 2. The van der Waals surface area contributed by atoms with E-state index in [0.717, 1.165) is 4.57 Å². The van der Waals surface area contributed by atoms with Crippen LogP contribution in [-0.2, 0) is 4.74 Å². The summed E-state index contributed by atoms with van der Waals surface area (Å²) in [6, 6.07) is 0. The first-order chi connectivity index (χ1) is 10.0. The fourth-order valence-corrected chi connectivity index (χ4v) is 2.20. The quantitative estimate of drug-likeness (QED) is 0.621. The summed E-state index contributed by atoms with van der Waals surface area (Å²) in [6.45, 7) is -0.533. The van der Waals surface area contributed by atoms with Crippen molar-refractivity contribution in [2.75, 3.05) is 12.3 Å². The van der Waals surface area contributed by atoms with Crippen LogP contribution in [0.15, 0.2) is 22.9 Å². The van der Waals surface area contributed by atoms with Gasteiger partial charge >= 0.3 is 5.69 Å². The smallest absolute Gasteiger partial charge is 0.351 e. The first kappa shape index (κ1) is 15.7. The molecule has 112 valence electrons. The van der Waals surface area contributed by atoms with Crippen molar-refractivity contribution in [2.45, 2.75) is 18.4 Å². The Morgan fingerprint density at radius 1 is 1.67 bits per heavy atom. The van der Waals surface area contributed by atoms with Crippen molar-refractivity contribution in [1.29, 1.82) is 0 Å². The summed E-state index contributed by atoms with van der Waals surface area (Å²) < 4.78 is 19.0. The van der Waals surface area contributed by atoms with E-state index in [9.17, 15) is 14.3 Å². The summed E-state index contributed by atoms with van der Waals surface area (Å²) in [5.74, 6) is 2.50. The predicted molar refractivity (Wildman–Crippen MR) is 74.9 cm³/mol. The normalized spacial score (nSPS) is 26.7. The molecule has 0 spiro atoms. The number of rotatable bonds is 2. The third kappa shape index (κ3) is 2.84. The van der Waals surface area contributed by atoms with Gasteiger partial charge in [-0.15, -0.1) is 0 Å². The Morgan fingerprint density at radius 3 is 2.90 bits per heavy atom. The fourth-order valence-electron chi connectivity index (χ4n) is 1.99. The van der Waals surface area contributed by atoms with Crippen molar-refractivity contribution in [3.8, 4) is 10.8 Å². The van der Waals surface area contributed by atoms with Gasteiger partial charge in [0.05, 0.1) is 18.5 Å². The second kappa shape index (κ2) is 6.36.